The second kappa shape index (κ2) is 6.01. The first kappa shape index (κ1) is 13.7. The van der Waals surface area contributed by atoms with Crippen LogP contribution < -0.4 is 14.8 Å². The maximum atomic E-state index is 11.8. The Balaban J connectivity index is 1.55. The third-order valence-corrected chi connectivity index (χ3v) is 4.00. The van der Waals surface area contributed by atoms with Crippen molar-refractivity contribution in [2.24, 2.45) is 0 Å². The van der Waals surface area contributed by atoms with Crippen LogP contribution in [0.5, 0.6) is 11.5 Å². The summed E-state index contributed by atoms with van der Waals surface area (Å²) in [6, 6.07) is 3.82. The molecule has 20 heavy (non-hydrogen) atoms. The third kappa shape index (κ3) is 3.07. The fraction of sp³-hybridized carbons (Fsp3) is 0.500. The molecule has 1 aromatic carbocycles. The molecule has 0 bridgehead atoms. The molecule has 5 nitrogen and oxygen atoms in total. The Bertz CT molecular complexity index is 514. The first-order chi connectivity index (χ1) is 9.72. The number of benzene rings is 1. The Hall–Kier alpha value is -1.27. The van der Waals surface area contributed by atoms with Crippen LogP contribution in [0, 0.1) is 0 Å². The number of carbonyl (C=O) groups is 1. The first-order valence-corrected chi connectivity index (χ1v) is 7.48. The van der Waals surface area contributed by atoms with E-state index in [1.54, 1.807) is 0 Å². The molecule has 3 rings (SSSR count). The highest BCUT2D eigenvalue weighted by Crippen LogP contribution is 2.39. The lowest BCUT2D eigenvalue weighted by Crippen LogP contribution is -2.26. The van der Waals surface area contributed by atoms with Crippen molar-refractivity contribution in [3.8, 4) is 11.5 Å². The number of amides is 1. The second-order valence-corrected chi connectivity index (χ2v) is 5.78. The van der Waals surface area contributed by atoms with Crippen LogP contribution in [0.15, 0.2) is 16.6 Å². The summed E-state index contributed by atoms with van der Waals surface area (Å²) < 4.78 is 17.0. The van der Waals surface area contributed by atoms with Crippen molar-refractivity contribution in [1.29, 1.82) is 0 Å². The Labute approximate surface area is 125 Å². The maximum absolute atomic E-state index is 11.8. The van der Waals surface area contributed by atoms with E-state index in [4.69, 9.17) is 14.2 Å². The van der Waals surface area contributed by atoms with Gasteiger partial charge in [0.1, 0.15) is 0 Å². The van der Waals surface area contributed by atoms with Gasteiger partial charge in [0.15, 0.2) is 11.5 Å². The zero-order valence-corrected chi connectivity index (χ0v) is 12.6. The summed E-state index contributed by atoms with van der Waals surface area (Å²) in [5.74, 6) is 1.45. The van der Waals surface area contributed by atoms with Crippen LogP contribution >= 0.6 is 15.9 Å². The molecule has 2 heterocycles. The summed E-state index contributed by atoms with van der Waals surface area (Å²) in [6.07, 6.45) is 2.54. The van der Waals surface area contributed by atoms with E-state index in [9.17, 15) is 4.79 Å². The highest BCUT2D eigenvalue weighted by atomic mass is 79.9. The number of nitrogens with one attached hydrogen (secondary N) is 1. The van der Waals surface area contributed by atoms with Gasteiger partial charge in [0.2, 0.25) is 12.7 Å². The predicted octanol–water partition coefficient (Wildman–Crippen LogP) is 2.36. The quantitative estimate of drug-likeness (QED) is 0.913. The molecule has 6 heteroatoms. The second-order valence-electron chi connectivity index (χ2n) is 4.93. The fourth-order valence-electron chi connectivity index (χ4n) is 2.41. The molecule has 108 valence electrons. The molecular weight excluding hydrogens is 326 g/mol. The van der Waals surface area contributed by atoms with Gasteiger partial charge in [0, 0.05) is 13.2 Å². The Kier molecular flexibility index (Phi) is 4.12. The van der Waals surface area contributed by atoms with Crippen molar-refractivity contribution >= 4 is 21.8 Å². The number of carbonyl (C=O) groups excluding carboxylic acids is 1. The Morgan fingerprint density at radius 2 is 2.30 bits per heavy atom. The van der Waals surface area contributed by atoms with Crippen LogP contribution in [0.3, 0.4) is 0 Å². The maximum Gasteiger partial charge on any atom is 0.231 e. The van der Waals surface area contributed by atoms with Crippen molar-refractivity contribution in [3.05, 3.63) is 22.2 Å². The molecule has 1 saturated heterocycles. The lowest BCUT2D eigenvalue weighted by molar-refractivity contribution is -0.123. The van der Waals surface area contributed by atoms with Gasteiger partial charge in [-0.15, -0.1) is 0 Å². The standard InChI is InChI=1S/C14H16BrNO4/c15-11-4-9(5-12-14(11)20-8-19-12)7-16-13(17)6-10-2-1-3-18-10/h4-5,10H,1-3,6-8H2,(H,16,17)/t10-/m0/s1. The minimum absolute atomic E-state index is 0.0192. The zero-order chi connectivity index (χ0) is 13.9. The van der Waals surface area contributed by atoms with E-state index in [0.29, 0.717) is 18.7 Å². The molecule has 0 spiro atoms. The molecule has 2 aliphatic heterocycles. The van der Waals surface area contributed by atoms with E-state index < -0.39 is 0 Å². The average molecular weight is 342 g/mol. The zero-order valence-electron chi connectivity index (χ0n) is 11.0. The average Bonchev–Trinajstić information content (AvgIpc) is 3.07. The number of hydrogen-bond donors (Lipinski definition) is 1. The number of ether oxygens (including phenoxy) is 3. The summed E-state index contributed by atoms with van der Waals surface area (Å²) in [6.45, 7) is 1.48. The highest BCUT2D eigenvalue weighted by molar-refractivity contribution is 9.10. The molecule has 1 amide bonds. The van der Waals surface area contributed by atoms with Gasteiger partial charge >= 0.3 is 0 Å². The fourth-order valence-corrected chi connectivity index (χ4v) is 3.01. The molecule has 0 saturated carbocycles. The number of hydrogen-bond acceptors (Lipinski definition) is 4. The molecule has 1 aromatic rings. The van der Waals surface area contributed by atoms with E-state index in [0.717, 1.165) is 35.2 Å². The van der Waals surface area contributed by atoms with Crippen molar-refractivity contribution in [2.75, 3.05) is 13.4 Å². The van der Waals surface area contributed by atoms with Crippen LogP contribution in [-0.4, -0.2) is 25.4 Å². The SMILES string of the molecule is O=C(C[C@@H]1CCCO1)NCc1cc(Br)c2c(c1)OCO2. The van der Waals surface area contributed by atoms with Crippen molar-refractivity contribution in [2.45, 2.75) is 31.9 Å². The van der Waals surface area contributed by atoms with Gasteiger partial charge in [-0.05, 0) is 46.5 Å². The van der Waals surface area contributed by atoms with Crippen molar-refractivity contribution < 1.29 is 19.0 Å². The topological polar surface area (TPSA) is 56.8 Å². The molecular formula is C14H16BrNO4. The van der Waals surface area contributed by atoms with Gasteiger partial charge in [-0.2, -0.15) is 0 Å². The monoisotopic (exact) mass is 341 g/mol. The molecule has 0 aliphatic carbocycles. The van der Waals surface area contributed by atoms with E-state index in [-0.39, 0.29) is 18.8 Å². The number of rotatable bonds is 4. The van der Waals surface area contributed by atoms with Crippen molar-refractivity contribution in [1.82, 2.24) is 5.32 Å². The van der Waals surface area contributed by atoms with Gasteiger partial charge in [-0.25, -0.2) is 0 Å². The van der Waals surface area contributed by atoms with Crippen molar-refractivity contribution in [3.63, 3.8) is 0 Å². The third-order valence-electron chi connectivity index (χ3n) is 3.41. The number of halogens is 1. The summed E-state index contributed by atoms with van der Waals surface area (Å²) >= 11 is 3.44. The molecule has 2 aliphatic rings. The van der Waals surface area contributed by atoms with E-state index in [1.165, 1.54) is 0 Å². The highest BCUT2D eigenvalue weighted by Gasteiger charge is 2.20. The summed E-state index contributed by atoms with van der Waals surface area (Å²) in [4.78, 5) is 11.8. The predicted molar refractivity (Wildman–Crippen MR) is 75.7 cm³/mol. The smallest absolute Gasteiger partial charge is 0.231 e. The van der Waals surface area contributed by atoms with Crippen LogP contribution in [0.1, 0.15) is 24.8 Å². The Morgan fingerprint density at radius 1 is 1.40 bits per heavy atom. The van der Waals surface area contributed by atoms with Crippen LogP contribution in [0.4, 0.5) is 0 Å². The van der Waals surface area contributed by atoms with Gasteiger partial charge < -0.3 is 19.5 Å². The lowest BCUT2D eigenvalue weighted by atomic mass is 10.1. The minimum Gasteiger partial charge on any atom is -0.454 e. The van der Waals surface area contributed by atoms with Gasteiger partial charge in [0.25, 0.3) is 0 Å². The lowest BCUT2D eigenvalue weighted by Gasteiger charge is -2.10. The van der Waals surface area contributed by atoms with Crippen LogP contribution in [0.25, 0.3) is 0 Å². The molecule has 0 unspecified atom stereocenters. The molecule has 0 radical (unpaired) electrons. The minimum atomic E-state index is 0.0192. The van der Waals surface area contributed by atoms with E-state index in [2.05, 4.69) is 21.2 Å². The summed E-state index contributed by atoms with van der Waals surface area (Å²) in [5.41, 5.74) is 0.974. The number of fused-ring (bicyclic) bond motifs is 1. The molecule has 1 atom stereocenters. The molecule has 1 fully saturated rings. The molecule has 1 N–H and O–H groups in total. The first-order valence-electron chi connectivity index (χ1n) is 6.68. The van der Waals surface area contributed by atoms with Gasteiger partial charge in [0.05, 0.1) is 17.0 Å². The largest absolute Gasteiger partial charge is 0.454 e. The van der Waals surface area contributed by atoms with E-state index in [1.807, 2.05) is 12.1 Å². The molecule has 0 aromatic heterocycles. The van der Waals surface area contributed by atoms with Crippen LogP contribution in [0.2, 0.25) is 0 Å². The van der Waals surface area contributed by atoms with Gasteiger partial charge in [-0.1, -0.05) is 0 Å². The van der Waals surface area contributed by atoms with Gasteiger partial charge in [-0.3, -0.25) is 4.79 Å². The van der Waals surface area contributed by atoms with Crippen LogP contribution in [-0.2, 0) is 16.1 Å². The normalized spacial score (nSPS) is 20.1. The summed E-state index contributed by atoms with van der Waals surface area (Å²) in [5, 5.41) is 2.91. The van der Waals surface area contributed by atoms with E-state index >= 15 is 0 Å². The summed E-state index contributed by atoms with van der Waals surface area (Å²) in [7, 11) is 0. The Morgan fingerprint density at radius 3 is 3.10 bits per heavy atom.